The van der Waals surface area contributed by atoms with E-state index in [0.29, 0.717) is 11.3 Å². The van der Waals surface area contributed by atoms with Crippen LogP contribution in [0.2, 0.25) is 0 Å². The van der Waals surface area contributed by atoms with Gasteiger partial charge >= 0.3 is 0 Å². The van der Waals surface area contributed by atoms with Gasteiger partial charge in [0.05, 0.1) is 4.92 Å². The third kappa shape index (κ3) is 3.62. The van der Waals surface area contributed by atoms with Gasteiger partial charge in [-0.15, -0.1) is 0 Å². The molecule has 0 heterocycles. The highest BCUT2D eigenvalue weighted by atomic mass is 16.6. The smallest absolute Gasteiger partial charge is 0.273 e. The van der Waals surface area contributed by atoms with Gasteiger partial charge in [0, 0.05) is 36.6 Å². The minimum absolute atomic E-state index is 0.128. The number of rotatable bonds is 7. The van der Waals surface area contributed by atoms with Crippen LogP contribution in [0.1, 0.15) is 33.6 Å². The van der Waals surface area contributed by atoms with Gasteiger partial charge in [-0.05, 0) is 30.2 Å². The Balaban J connectivity index is 2.06. The number of hydrogen-bond acceptors (Lipinski definition) is 4. The predicted molar refractivity (Wildman–Crippen MR) is 82.3 cm³/mol. The molecule has 2 rings (SSSR count). The summed E-state index contributed by atoms with van der Waals surface area (Å²) in [6.45, 7) is 8.26. The van der Waals surface area contributed by atoms with Crippen LogP contribution in [0.25, 0.3) is 0 Å². The summed E-state index contributed by atoms with van der Waals surface area (Å²) in [5.41, 5.74) is 2.17. The standard InChI is InChI=1S/C15H23N3O2/c1-4-5-16-12-6-13(8-14(7-12)18(19)20)17-10-11-9-15(11,2)3/h6-8,11,16-17H,4-5,9-10H2,1-3H3. The van der Waals surface area contributed by atoms with Crippen molar-refractivity contribution in [3.05, 3.63) is 28.3 Å². The van der Waals surface area contributed by atoms with E-state index in [2.05, 4.69) is 31.4 Å². The quantitative estimate of drug-likeness (QED) is 0.586. The first-order chi connectivity index (χ1) is 9.42. The Kier molecular flexibility index (Phi) is 4.16. The van der Waals surface area contributed by atoms with Gasteiger partial charge in [0.1, 0.15) is 0 Å². The van der Waals surface area contributed by atoms with E-state index in [-0.39, 0.29) is 10.6 Å². The second-order valence-electron chi connectivity index (χ2n) is 6.22. The molecule has 1 aliphatic carbocycles. The van der Waals surface area contributed by atoms with Crippen LogP contribution in [0.15, 0.2) is 18.2 Å². The highest BCUT2D eigenvalue weighted by Gasteiger charge is 2.44. The number of hydrogen-bond donors (Lipinski definition) is 2. The lowest BCUT2D eigenvalue weighted by atomic mass is 10.1. The summed E-state index contributed by atoms with van der Waals surface area (Å²) in [4.78, 5) is 10.6. The number of anilines is 2. The molecule has 0 radical (unpaired) electrons. The van der Waals surface area contributed by atoms with Gasteiger partial charge in [-0.3, -0.25) is 10.1 Å². The molecule has 1 unspecified atom stereocenters. The molecule has 5 nitrogen and oxygen atoms in total. The molecule has 0 aliphatic heterocycles. The minimum atomic E-state index is -0.344. The average molecular weight is 277 g/mol. The molecule has 0 spiro atoms. The molecule has 0 bridgehead atoms. The third-order valence-electron chi connectivity index (χ3n) is 3.98. The van der Waals surface area contributed by atoms with Crippen molar-refractivity contribution >= 4 is 17.1 Å². The minimum Gasteiger partial charge on any atom is -0.385 e. The Morgan fingerprint density at radius 3 is 2.40 bits per heavy atom. The van der Waals surface area contributed by atoms with Crippen LogP contribution in [0.3, 0.4) is 0 Å². The van der Waals surface area contributed by atoms with Crippen molar-refractivity contribution in [3.63, 3.8) is 0 Å². The Hall–Kier alpha value is -1.78. The first-order valence-corrected chi connectivity index (χ1v) is 7.19. The molecule has 2 N–H and O–H groups in total. The van der Waals surface area contributed by atoms with Crippen molar-refractivity contribution < 1.29 is 4.92 Å². The van der Waals surface area contributed by atoms with Gasteiger partial charge in [-0.2, -0.15) is 0 Å². The van der Waals surface area contributed by atoms with Crippen LogP contribution >= 0.6 is 0 Å². The van der Waals surface area contributed by atoms with Gasteiger partial charge in [0.25, 0.3) is 5.69 Å². The molecular weight excluding hydrogens is 254 g/mol. The molecule has 1 atom stereocenters. The molecule has 0 saturated heterocycles. The van der Waals surface area contributed by atoms with Gasteiger partial charge in [0.2, 0.25) is 0 Å². The van der Waals surface area contributed by atoms with Gasteiger partial charge in [-0.1, -0.05) is 20.8 Å². The summed E-state index contributed by atoms with van der Waals surface area (Å²) in [5.74, 6) is 0.661. The normalized spacial score (nSPS) is 19.4. The van der Waals surface area contributed by atoms with E-state index in [9.17, 15) is 10.1 Å². The topological polar surface area (TPSA) is 67.2 Å². The summed E-state index contributed by atoms with van der Waals surface area (Å²) >= 11 is 0. The van der Waals surface area contributed by atoms with Crippen molar-refractivity contribution in [2.24, 2.45) is 11.3 Å². The Bertz CT molecular complexity index is 500. The molecule has 1 fully saturated rings. The molecule has 5 heteroatoms. The number of nitrogens with zero attached hydrogens (tertiary/aromatic N) is 1. The number of benzene rings is 1. The van der Waals surface area contributed by atoms with E-state index in [0.717, 1.165) is 30.9 Å². The Morgan fingerprint density at radius 1 is 1.30 bits per heavy atom. The fourth-order valence-corrected chi connectivity index (χ4v) is 2.36. The largest absolute Gasteiger partial charge is 0.385 e. The third-order valence-corrected chi connectivity index (χ3v) is 3.98. The predicted octanol–water partition coefficient (Wildman–Crippen LogP) is 3.87. The molecule has 0 aromatic heterocycles. The molecular formula is C15H23N3O2. The highest BCUT2D eigenvalue weighted by molar-refractivity contribution is 5.63. The van der Waals surface area contributed by atoms with E-state index in [1.165, 1.54) is 6.42 Å². The molecule has 20 heavy (non-hydrogen) atoms. The zero-order chi connectivity index (χ0) is 14.8. The van der Waals surface area contributed by atoms with Crippen LogP contribution in [0.4, 0.5) is 17.1 Å². The lowest BCUT2D eigenvalue weighted by Crippen LogP contribution is -2.08. The second kappa shape index (κ2) is 5.69. The maximum atomic E-state index is 11.0. The monoisotopic (exact) mass is 277 g/mol. The van der Waals surface area contributed by atoms with Crippen molar-refractivity contribution in [2.75, 3.05) is 23.7 Å². The van der Waals surface area contributed by atoms with Crippen LogP contribution in [0.5, 0.6) is 0 Å². The van der Waals surface area contributed by atoms with Crippen LogP contribution in [-0.2, 0) is 0 Å². The van der Waals surface area contributed by atoms with E-state index in [1.54, 1.807) is 12.1 Å². The summed E-state index contributed by atoms with van der Waals surface area (Å²) in [7, 11) is 0. The van der Waals surface area contributed by atoms with Gasteiger partial charge in [-0.25, -0.2) is 0 Å². The first kappa shape index (κ1) is 14.6. The molecule has 1 aromatic rings. The zero-order valence-electron chi connectivity index (χ0n) is 12.4. The van der Waals surface area contributed by atoms with Gasteiger partial charge in [0.15, 0.2) is 0 Å². The van der Waals surface area contributed by atoms with Crippen LogP contribution in [-0.4, -0.2) is 18.0 Å². The fourth-order valence-electron chi connectivity index (χ4n) is 2.36. The van der Waals surface area contributed by atoms with E-state index in [4.69, 9.17) is 0 Å². The van der Waals surface area contributed by atoms with E-state index in [1.807, 2.05) is 6.07 Å². The number of non-ortho nitro benzene ring substituents is 1. The molecule has 1 saturated carbocycles. The van der Waals surface area contributed by atoms with Crippen molar-refractivity contribution in [3.8, 4) is 0 Å². The SMILES string of the molecule is CCCNc1cc(NCC2CC2(C)C)cc([N+](=O)[O-])c1. The first-order valence-electron chi connectivity index (χ1n) is 7.19. The maximum Gasteiger partial charge on any atom is 0.273 e. The van der Waals surface area contributed by atoms with Crippen molar-refractivity contribution in [1.82, 2.24) is 0 Å². The molecule has 1 aromatic carbocycles. The molecule has 110 valence electrons. The Labute approximate surface area is 119 Å². The van der Waals surface area contributed by atoms with Gasteiger partial charge < -0.3 is 10.6 Å². The lowest BCUT2D eigenvalue weighted by Gasteiger charge is -2.11. The second-order valence-corrected chi connectivity index (χ2v) is 6.22. The number of nitro benzene ring substituents is 1. The Morgan fingerprint density at radius 2 is 1.90 bits per heavy atom. The average Bonchev–Trinajstić information content (AvgIpc) is 3.01. The van der Waals surface area contributed by atoms with Crippen LogP contribution < -0.4 is 10.6 Å². The number of nitrogens with one attached hydrogen (secondary N) is 2. The summed E-state index contributed by atoms with van der Waals surface area (Å²) < 4.78 is 0. The van der Waals surface area contributed by atoms with Crippen molar-refractivity contribution in [1.29, 1.82) is 0 Å². The molecule has 0 amide bonds. The highest BCUT2D eigenvalue weighted by Crippen LogP contribution is 2.51. The fraction of sp³-hybridized carbons (Fsp3) is 0.600. The summed E-state index contributed by atoms with van der Waals surface area (Å²) in [6.07, 6.45) is 2.21. The molecule has 1 aliphatic rings. The summed E-state index contributed by atoms with van der Waals surface area (Å²) in [5, 5.41) is 17.5. The lowest BCUT2D eigenvalue weighted by molar-refractivity contribution is -0.384. The summed E-state index contributed by atoms with van der Waals surface area (Å²) in [6, 6.07) is 5.13. The van der Waals surface area contributed by atoms with E-state index < -0.39 is 0 Å². The van der Waals surface area contributed by atoms with Crippen molar-refractivity contribution in [2.45, 2.75) is 33.6 Å². The maximum absolute atomic E-state index is 11.0. The number of nitro groups is 1. The van der Waals surface area contributed by atoms with E-state index >= 15 is 0 Å². The van der Waals surface area contributed by atoms with Crippen LogP contribution in [0, 0.1) is 21.4 Å². The zero-order valence-corrected chi connectivity index (χ0v) is 12.4.